The van der Waals surface area contributed by atoms with E-state index in [4.69, 9.17) is 5.73 Å². The first-order valence-corrected chi connectivity index (χ1v) is 5.53. The number of rotatable bonds is 4. The van der Waals surface area contributed by atoms with Gasteiger partial charge in [0.25, 0.3) is 0 Å². The predicted octanol–water partition coefficient (Wildman–Crippen LogP) is 2.26. The molecule has 0 saturated carbocycles. The topological polar surface area (TPSA) is 29.3 Å². The second-order valence-corrected chi connectivity index (χ2v) is 4.34. The molecule has 0 unspecified atom stereocenters. The maximum atomic E-state index is 5.53. The molecule has 2 N–H and O–H groups in total. The van der Waals surface area contributed by atoms with Crippen molar-refractivity contribution in [2.45, 2.75) is 26.7 Å². The van der Waals surface area contributed by atoms with Crippen LogP contribution in [-0.4, -0.2) is 20.6 Å². The summed E-state index contributed by atoms with van der Waals surface area (Å²) >= 11 is 0. The third-order valence-corrected chi connectivity index (χ3v) is 2.85. The third-order valence-electron chi connectivity index (χ3n) is 2.85. The van der Waals surface area contributed by atoms with Crippen LogP contribution in [0.2, 0.25) is 0 Å². The molecule has 0 bridgehead atoms. The minimum Gasteiger partial charge on any atom is -0.377 e. The van der Waals surface area contributed by atoms with Crippen molar-refractivity contribution >= 4 is 5.69 Å². The van der Waals surface area contributed by atoms with Crippen LogP contribution in [0.15, 0.2) is 12.1 Å². The molecule has 0 spiro atoms. The molecular weight excluding hydrogens is 184 g/mol. The Hall–Kier alpha value is -1.02. The second-order valence-electron chi connectivity index (χ2n) is 4.34. The van der Waals surface area contributed by atoms with E-state index in [-0.39, 0.29) is 0 Å². The number of nitrogens with zero attached hydrogens (tertiary/aromatic N) is 1. The van der Waals surface area contributed by atoms with Crippen molar-refractivity contribution in [1.82, 2.24) is 0 Å². The molecule has 0 fully saturated rings. The van der Waals surface area contributed by atoms with Crippen LogP contribution in [0, 0.1) is 13.8 Å². The van der Waals surface area contributed by atoms with Crippen LogP contribution in [0.4, 0.5) is 5.69 Å². The van der Waals surface area contributed by atoms with Gasteiger partial charge in [0.15, 0.2) is 0 Å². The van der Waals surface area contributed by atoms with Crippen LogP contribution >= 0.6 is 0 Å². The van der Waals surface area contributed by atoms with E-state index in [1.165, 1.54) is 22.4 Å². The predicted molar refractivity (Wildman–Crippen MR) is 67.6 cm³/mol. The van der Waals surface area contributed by atoms with Crippen molar-refractivity contribution < 1.29 is 0 Å². The summed E-state index contributed by atoms with van der Waals surface area (Å²) in [6.07, 6.45) is 2.15. The number of benzene rings is 1. The highest BCUT2D eigenvalue weighted by Crippen LogP contribution is 2.24. The Morgan fingerprint density at radius 2 is 1.87 bits per heavy atom. The molecule has 0 radical (unpaired) electrons. The fourth-order valence-corrected chi connectivity index (χ4v) is 1.83. The largest absolute Gasteiger partial charge is 0.377 e. The number of nitrogens with two attached hydrogens (primary N) is 1. The molecule has 0 aromatic heterocycles. The van der Waals surface area contributed by atoms with Crippen LogP contribution < -0.4 is 10.6 Å². The molecule has 0 heterocycles. The number of aryl methyl sites for hydroxylation is 2. The smallest absolute Gasteiger partial charge is 0.0396 e. The van der Waals surface area contributed by atoms with Crippen molar-refractivity contribution in [3.8, 4) is 0 Å². The monoisotopic (exact) mass is 206 g/mol. The van der Waals surface area contributed by atoms with Gasteiger partial charge in [-0.1, -0.05) is 6.07 Å². The zero-order valence-electron chi connectivity index (χ0n) is 10.3. The number of anilines is 1. The first-order chi connectivity index (χ1) is 7.06. The lowest BCUT2D eigenvalue weighted by atomic mass is 10.0. The van der Waals surface area contributed by atoms with E-state index in [9.17, 15) is 0 Å². The average molecular weight is 206 g/mol. The van der Waals surface area contributed by atoms with Crippen LogP contribution in [0.5, 0.6) is 0 Å². The molecule has 0 aliphatic heterocycles. The molecular formula is C13H22N2. The van der Waals surface area contributed by atoms with Crippen LogP contribution in [0.3, 0.4) is 0 Å². The molecule has 1 aromatic carbocycles. The molecule has 2 heteroatoms. The summed E-state index contributed by atoms with van der Waals surface area (Å²) in [5, 5.41) is 0. The summed E-state index contributed by atoms with van der Waals surface area (Å²) in [5.74, 6) is 0. The Morgan fingerprint density at radius 1 is 1.20 bits per heavy atom. The average Bonchev–Trinajstić information content (AvgIpc) is 2.19. The highest BCUT2D eigenvalue weighted by molar-refractivity contribution is 5.57. The van der Waals surface area contributed by atoms with Crippen molar-refractivity contribution in [2.24, 2.45) is 5.73 Å². The van der Waals surface area contributed by atoms with Gasteiger partial charge in [0, 0.05) is 19.8 Å². The lowest BCUT2D eigenvalue weighted by molar-refractivity contribution is 0.831. The number of hydrogen-bond acceptors (Lipinski definition) is 2. The summed E-state index contributed by atoms with van der Waals surface area (Å²) < 4.78 is 0. The highest BCUT2D eigenvalue weighted by Gasteiger charge is 2.05. The van der Waals surface area contributed by atoms with E-state index in [2.05, 4.69) is 45.0 Å². The van der Waals surface area contributed by atoms with E-state index >= 15 is 0 Å². The second kappa shape index (κ2) is 5.17. The summed E-state index contributed by atoms with van der Waals surface area (Å²) in [5.41, 5.74) is 11.0. The van der Waals surface area contributed by atoms with Crippen molar-refractivity contribution in [3.05, 3.63) is 28.8 Å². The van der Waals surface area contributed by atoms with Crippen LogP contribution in [0.1, 0.15) is 23.1 Å². The standard InChI is InChI=1S/C13H22N2/c1-10-8-12(6-5-7-14)9-13(11(10)2)15(3)4/h8-9H,5-7,14H2,1-4H3. The molecule has 0 atom stereocenters. The summed E-state index contributed by atoms with van der Waals surface area (Å²) in [6.45, 7) is 5.12. The zero-order chi connectivity index (χ0) is 11.4. The van der Waals surface area contributed by atoms with Gasteiger partial charge in [-0.25, -0.2) is 0 Å². The van der Waals surface area contributed by atoms with Crippen LogP contribution in [-0.2, 0) is 6.42 Å². The summed E-state index contributed by atoms with van der Waals surface area (Å²) in [6, 6.07) is 4.55. The quantitative estimate of drug-likeness (QED) is 0.818. The van der Waals surface area contributed by atoms with E-state index in [1.807, 2.05) is 0 Å². The first kappa shape index (κ1) is 12.1. The van der Waals surface area contributed by atoms with Gasteiger partial charge in [-0.15, -0.1) is 0 Å². The van der Waals surface area contributed by atoms with Crippen molar-refractivity contribution in [3.63, 3.8) is 0 Å². The molecule has 0 saturated heterocycles. The normalized spacial score (nSPS) is 10.5. The Labute approximate surface area is 93.1 Å². The Kier molecular flexibility index (Phi) is 4.15. The molecule has 0 amide bonds. The van der Waals surface area contributed by atoms with Crippen molar-refractivity contribution in [2.75, 3.05) is 25.5 Å². The van der Waals surface area contributed by atoms with Crippen molar-refractivity contribution in [1.29, 1.82) is 0 Å². The van der Waals surface area contributed by atoms with Gasteiger partial charge in [0.05, 0.1) is 0 Å². The maximum absolute atomic E-state index is 5.53. The Morgan fingerprint density at radius 3 is 2.40 bits per heavy atom. The molecule has 1 aromatic rings. The van der Waals surface area contributed by atoms with E-state index in [0.29, 0.717) is 0 Å². The third kappa shape index (κ3) is 2.96. The van der Waals surface area contributed by atoms with Crippen LogP contribution in [0.25, 0.3) is 0 Å². The molecule has 2 nitrogen and oxygen atoms in total. The van der Waals surface area contributed by atoms with Gasteiger partial charge in [0.2, 0.25) is 0 Å². The van der Waals surface area contributed by atoms with Gasteiger partial charge in [-0.05, 0) is 56.0 Å². The minimum absolute atomic E-state index is 0.768. The maximum Gasteiger partial charge on any atom is 0.0396 e. The molecule has 0 aliphatic carbocycles. The Balaban J connectivity index is 3.00. The molecule has 1 rings (SSSR count). The van der Waals surface area contributed by atoms with Gasteiger partial charge in [-0.2, -0.15) is 0 Å². The lowest BCUT2D eigenvalue weighted by Gasteiger charge is -2.19. The SMILES string of the molecule is Cc1cc(CCCN)cc(N(C)C)c1C. The molecule has 84 valence electrons. The Bertz CT molecular complexity index is 330. The summed E-state index contributed by atoms with van der Waals surface area (Å²) in [7, 11) is 4.18. The van der Waals surface area contributed by atoms with E-state index in [0.717, 1.165) is 19.4 Å². The fraction of sp³-hybridized carbons (Fsp3) is 0.538. The first-order valence-electron chi connectivity index (χ1n) is 5.53. The number of hydrogen-bond donors (Lipinski definition) is 1. The van der Waals surface area contributed by atoms with Gasteiger partial charge < -0.3 is 10.6 Å². The van der Waals surface area contributed by atoms with Gasteiger partial charge in [0.1, 0.15) is 0 Å². The van der Waals surface area contributed by atoms with E-state index < -0.39 is 0 Å². The van der Waals surface area contributed by atoms with Gasteiger partial charge in [-0.3, -0.25) is 0 Å². The zero-order valence-corrected chi connectivity index (χ0v) is 10.3. The highest BCUT2D eigenvalue weighted by atomic mass is 15.1. The lowest BCUT2D eigenvalue weighted by Crippen LogP contribution is -2.11. The fourth-order valence-electron chi connectivity index (χ4n) is 1.83. The van der Waals surface area contributed by atoms with E-state index in [1.54, 1.807) is 0 Å². The molecule has 0 aliphatic rings. The minimum atomic E-state index is 0.768. The summed E-state index contributed by atoms with van der Waals surface area (Å²) in [4.78, 5) is 2.17. The molecule has 15 heavy (non-hydrogen) atoms. The van der Waals surface area contributed by atoms with Gasteiger partial charge >= 0.3 is 0 Å².